The highest BCUT2D eigenvalue weighted by atomic mass is 15.2. The molecule has 3 heterocycles. The van der Waals surface area contributed by atoms with Crippen molar-refractivity contribution in [2.24, 2.45) is 0 Å². The molecule has 0 saturated carbocycles. The minimum absolute atomic E-state index is 0.236. The Labute approximate surface area is 113 Å². The van der Waals surface area contributed by atoms with Gasteiger partial charge in [0.05, 0.1) is 12.7 Å². The second kappa shape index (κ2) is 4.81. The van der Waals surface area contributed by atoms with E-state index in [1.165, 1.54) is 11.3 Å². The minimum Gasteiger partial charge on any atom is -0.348 e. The number of aromatic nitrogens is 4. The number of hydrogen-bond acceptors (Lipinski definition) is 3. The van der Waals surface area contributed by atoms with Crippen molar-refractivity contribution >= 4 is 0 Å². The van der Waals surface area contributed by atoms with Crippen LogP contribution in [0.15, 0.2) is 18.6 Å². The molecule has 5 nitrogen and oxygen atoms in total. The Kier molecular flexibility index (Phi) is 3.14. The third-order valence-electron chi connectivity index (χ3n) is 4.32. The number of nitrogens with one attached hydrogen (secondary N) is 2. The largest absolute Gasteiger partial charge is 0.348 e. The summed E-state index contributed by atoms with van der Waals surface area (Å²) in [7, 11) is 0. The van der Waals surface area contributed by atoms with Gasteiger partial charge in [-0.05, 0) is 38.4 Å². The molecule has 1 aliphatic heterocycles. The maximum absolute atomic E-state index is 4.30. The fraction of sp³-hybridized carbons (Fsp3) is 0.571. The Morgan fingerprint density at radius 1 is 1.37 bits per heavy atom. The number of H-pyrrole nitrogens is 2. The number of piperidine rings is 1. The first-order chi connectivity index (χ1) is 9.17. The van der Waals surface area contributed by atoms with Crippen LogP contribution in [0.3, 0.4) is 0 Å². The third kappa shape index (κ3) is 2.42. The number of aryl methyl sites for hydroxylation is 1. The van der Waals surface area contributed by atoms with Gasteiger partial charge >= 0.3 is 0 Å². The van der Waals surface area contributed by atoms with Crippen molar-refractivity contribution in [1.82, 2.24) is 25.1 Å². The van der Waals surface area contributed by atoms with Gasteiger partial charge in [0, 0.05) is 23.5 Å². The van der Waals surface area contributed by atoms with Gasteiger partial charge in [-0.1, -0.05) is 6.92 Å². The minimum atomic E-state index is 0.236. The van der Waals surface area contributed by atoms with E-state index in [9.17, 15) is 0 Å². The maximum atomic E-state index is 4.30. The van der Waals surface area contributed by atoms with E-state index in [4.69, 9.17) is 0 Å². The van der Waals surface area contributed by atoms with Crippen LogP contribution >= 0.6 is 0 Å². The zero-order valence-electron chi connectivity index (χ0n) is 11.6. The van der Waals surface area contributed by atoms with Crippen molar-refractivity contribution in [1.29, 1.82) is 0 Å². The average molecular weight is 259 g/mol. The van der Waals surface area contributed by atoms with Gasteiger partial charge in [-0.25, -0.2) is 4.98 Å². The molecule has 0 amide bonds. The van der Waals surface area contributed by atoms with Crippen molar-refractivity contribution in [3.63, 3.8) is 0 Å². The first-order valence-corrected chi connectivity index (χ1v) is 6.88. The van der Waals surface area contributed by atoms with Gasteiger partial charge in [0.1, 0.15) is 5.82 Å². The van der Waals surface area contributed by atoms with Crippen LogP contribution < -0.4 is 0 Å². The molecular formula is C14H21N5. The van der Waals surface area contributed by atoms with E-state index in [0.717, 1.165) is 38.3 Å². The van der Waals surface area contributed by atoms with Crippen LogP contribution in [-0.2, 0) is 12.0 Å². The SMILES string of the molecule is Cc1cn[nH]c1C1(C)CCN(Cc2ncc[nH]2)CC1. The first-order valence-electron chi connectivity index (χ1n) is 6.88. The number of rotatable bonds is 3. The summed E-state index contributed by atoms with van der Waals surface area (Å²) >= 11 is 0. The Bertz CT molecular complexity index is 520. The molecule has 0 spiro atoms. The molecular weight excluding hydrogens is 238 g/mol. The summed E-state index contributed by atoms with van der Waals surface area (Å²) in [5.74, 6) is 1.06. The lowest BCUT2D eigenvalue weighted by Gasteiger charge is -2.38. The van der Waals surface area contributed by atoms with Crippen LogP contribution in [0.4, 0.5) is 0 Å². The Morgan fingerprint density at radius 3 is 2.74 bits per heavy atom. The van der Waals surface area contributed by atoms with E-state index in [-0.39, 0.29) is 5.41 Å². The summed E-state index contributed by atoms with van der Waals surface area (Å²) in [5.41, 5.74) is 2.83. The molecule has 2 N–H and O–H groups in total. The maximum Gasteiger partial charge on any atom is 0.120 e. The van der Waals surface area contributed by atoms with E-state index < -0.39 is 0 Å². The second-order valence-electron chi connectivity index (χ2n) is 5.80. The van der Waals surface area contributed by atoms with Crippen molar-refractivity contribution in [3.05, 3.63) is 35.7 Å². The molecule has 0 atom stereocenters. The van der Waals surface area contributed by atoms with Crippen LogP contribution in [0.25, 0.3) is 0 Å². The summed E-state index contributed by atoms with van der Waals surface area (Å²) < 4.78 is 0. The molecule has 0 radical (unpaired) electrons. The molecule has 19 heavy (non-hydrogen) atoms. The molecule has 0 aromatic carbocycles. The van der Waals surface area contributed by atoms with Gasteiger partial charge in [0.2, 0.25) is 0 Å². The van der Waals surface area contributed by atoms with Crippen LogP contribution in [0.1, 0.15) is 36.8 Å². The quantitative estimate of drug-likeness (QED) is 0.886. The van der Waals surface area contributed by atoms with E-state index in [0.29, 0.717) is 0 Å². The molecule has 0 aliphatic carbocycles. The molecule has 3 rings (SSSR count). The number of hydrogen-bond donors (Lipinski definition) is 2. The zero-order valence-corrected chi connectivity index (χ0v) is 11.6. The van der Waals surface area contributed by atoms with E-state index in [1.54, 1.807) is 0 Å². The fourth-order valence-corrected chi connectivity index (χ4v) is 3.01. The van der Waals surface area contributed by atoms with E-state index in [2.05, 4.69) is 38.9 Å². The highest BCUT2D eigenvalue weighted by molar-refractivity contribution is 5.24. The highest BCUT2D eigenvalue weighted by Gasteiger charge is 2.34. The smallest absolute Gasteiger partial charge is 0.120 e. The molecule has 2 aromatic heterocycles. The number of nitrogens with zero attached hydrogens (tertiary/aromatic N) is 3. The molecule has 2 aromatic rings. The van der Waals surface area contributed by atoms with Gasteiger partial charge in [0.25, 0.3) is 0 Å². The zero-order chi connectivity index (χ0) is 13.3. The monoisotopic (exact) mass is 259 g/mol. The Morgan fingerprint density at radius 2 is 2.16 bits per heavy atom. The molecule has 102 valence electrons. The lowest BCUT2D eigenvalue weighted by atomic mass is 9.76. The number of aromatic amines is 2. The van der Waals surface area contributed by atoms with Crippen LogP contribution in [0, 0.1) is 6.92 Å². The van der Waals surface area contributed by atoms with E-state index >= 15 is 0 Å². The Balaban J connectivity index is 1.64. The molecule has 0 bridgehead atoms. The molecule has 0 unspecified atom stereocenters. The third-order valence-corrected chi connectivity index (χ3v) is 4.32. The van der Waals surface area contributed by atoms with Gasteiger partial charge < -0.3 is 4.98 Å². The molecule has 1 saturated heterocycles. The summed E-state index contributed by atoms with van der Waals surface area (Å²) in [5, 5.41) is 7.36. The van der Waals surface area contributed by atoms with Crippen molar-refractivity contribution < 1.29 is 0 Å². The lowest BCUT2D eigenvalue weighted by molar-refractivity contribution is 0.156. The standard InChI is InChI=1S/C14H21N5/c1-11-9-17-18-13(11)14(2)3-7-19(8-4-14)10-12-15-5-6-16-12/h5-6,9H,3-4,7-8,10H2,1-2H3,(H,15,16)(H,17,18). The molecule has 1 fully saturated rings. The molecule has 1 aliphatic rings. The van der Waals surface area contributed by atoms with Crippen molar-refractivity contribution in [2.45, 2.75) is 38.6 Å². The molecule has 5 heteroatoms. The summed E-state index contributed by atoms with van der Waals surface area (Å²) in [6, 6.07) is 0. The van der Waals surface area contributed by atoms with Crippen LogP contribution in [0.5, 0.6) is 0 Å². The summed E-state index contributed by atoms with van der Waals surface area (Å²) in [6.07, 6.45) is 7.96. The fourth-order valence-electron chi connectivity index (χ4n) is 3.01. The topological polar surface area (TPSA) is 60.6 Å². The first kappa shape index (κ1) is 12.4. The number of likely N-dealkylation sites (tertiary alicyclic amines) is 1. The average Bonchev–Trinajstić information content (AvgIpc) is 3.04. The second-order valence-corrected chi connectivity index (χ2v) is 5.80. The number of imidazole rings is 1. The van der Waals surface area contributed by atoms with Gasteiger partial charge in [-0.15, -0.1) is 0 Å². The van der Waals surface area contributed by atoms with Crippen LogP contribution in [0.2, 0.25) is 0 Å². The highest BCUT2D eigenvalue weighted by Crippen LogP contribution is 2.35. The van der Waals surface area contributed by atoms with Gasteiger partial charge in [-0.3, -0.25) is 10.00 Å². The predicted molar refractivity (Wildman–Crippen MR) is 73.8 cm³/mol. The predicted octanol–water partition coefficient (Wildman–Crippen LogP) is 1.99. The van der Waals surface area contributed by atoms with Gasteiger partial charge in [-0.2, -0.15) is 5.10 Å². The summed E-state index contributed by atoms with van der Waals surface area (Å²) in [4.78, 5) is 9.93. The lowest BCUT2D eigenvalue weighted by Crippen LogP contribution is -2.41. The van der Waals surface area contributed by atoms with E-state index in [1.807, 2.05) is 18.6 Å². The van der Waals surface area contributed by atoms with Crippen molar-refractivity contribution in [2.75, 3.05) is 13.1 Å². The van der Waals surface area contributed by atoms with Gasteiger partial charge in [0.15, 0.2) is 0 Å². The summed E-state index contributed by atoms with van der Waals surface area (Å²) in [6.45, 7) is 7.62. The van der Waals surface area contributed by atoms with Crippen molar-refractivity contribution in [3.8, 4) is 0 Å². The van der Waals surface area contributed by atoms with Crippen LogP contribution in [-0.4, -0.2) is 38.2 Å². The Hall–Kier alpha value is -1.62. The normalized spacial score (nSPS) is 19.7.